The van der Waals surface area contributed by atoms with Crippen LogP contribution in [0.1, 0.15) is 25.0 Å². The molecule has 0 fully saturated rings. The topological polar surface area (TPSA) is 38.7 Å². The van der Waals surface area contributed by atoms with Crippen LogP contribution in [0, 0.1) is 0 Å². The van der Waals surface area contributed by atoms with Gasteiger partial charge >= 0.3 is 0 Å². The molecule has 1 aliphatic rings. The van der Waals surface area contributed by atoms with Crippen LogP contribution in [-0.4, -0.2) is 15.0 Å². The third-order valence-electron chi connectivity index (χ3n) is 9.79. The number of benzene rings is 6. The number of nitrogens with zero attached hydrogens (tertiary/aromatic N) is 3. The maximum Gasteiger partial charge on any atom is 0.160 e. The molecule has 2 heterocycles. The Balaban J connectivity index is 1.17. The molecule has 0 spiro atoms. The van der Waals surface area contributed by atoms with Crippen molar-refractivity contribution < 1.29 is 0 Å². The molecule has 0 aliphatic heterocycles. The summed E-state index contributed by atoms with van der Waals surface area (Å²) in [4.78, 5) is 14.3. The molecule has 0 atom stereocenters. The lowest BCUT2D eigenvalue weighted by molar-refractivity contribution is 0.661. The highest BCUT2D eigenvalue weighted by atomic mass is 14.9. The van der Waals surface area contributed by atoms with Crippen LogP contribution in [-0.2, 0) is 5.41 Å². The number of hydrogen-bond donors (Lipinski definition) is 0. The van der Waals surface area contributed by atoms with Crippen LogP contribution in [0.3, 0.4) is 0 Å². The van der Waals surface area contributed by atoms with Crippen molar-refractivity contribution in [2.24, 2.45) is 0 Å². The SMILES string of the molecule is CC1(C)c2ccccc2-c2cc3c(ccc4cc(-c5cc(-c6ccc(-c7ccncc7)cc6)nc(-c6ccccc6)n5)ccc43)cc21. The second-order valence-electron chi connectivity index (χ2n) is 12.9. The third-order valence-corrected chi connectivity index (χ3v) is 9.79. The monoisotopic (exact) mass is 601 g/mol. The van der Waals surface area contributed by atoms with Gasteiger partial charge in [-0.2, -0.15) is 0 Å². The average molecular weight is 602 g/mol. The lowest BCUT2D eigenvalue weighted by Crippen LogP contribution is -2.14. The van der Waals surface area contributed by atoms with Crippen LogP contribution in [0.5, 0.6) is 0 Å². The van der Waals surface area contributed by atoms with Gasteiger partial charge in [-0.1, -0.05) is 117 Å². The van der Waals surface area contributed by atoms with E-state index in [1.165, 1.54) is 43.8 Å². The van der Waals surface area contributed by atoms with Gasteiger partial charge in [-0.3, -0.25) is 4.98 Å². The molecule has 3 heteroatoms. The predicted octanol–water partition coefficient (Wildman–Crippen LogP) is 11.2. The van der Waals surface area contributed by atoms with E-state index in [1.807, 2.05) is 42.7 Å². The van der Waals surface area contributed by atoms with Crippen LogP contribution >= 0.6 is 0 Å². The second-order valence-corrected chi connectivity index (χ2v) is 12.9. The van der Waals surface area contributed by atoms with Gasteiger partial charge in [-0.05, 0) is 91.3 Å². The maximum atomic E-state index is 5.10. The minimum absolute atomic E-state index is 0.0144. The van der Waals surface area contributed by atoms with Gasteiger partial charge in [-0.25, -0.2) is 9.97 Å². The Labute approximate surface area is 274 Å². The van der Waals surface area contributed by atoms with E-state index in [4.69, 9.17) is 9.97 Å². The number of aromatic nitrogens is 3. The lowest BCUT2D eigenvalue weighted by atomic mass is 9.81. The Morgan fingerprint density at radius 1 is 0.426 bits per heavy atom. The van der Waals surface area contributed by atoms with E-state index in [0.29, 0.717) is 5.82 Å². The van der Waals surface area contributed by atoms with Crippen LogP contribution in [0.2, 0.25) is 0 Å². The standard InChI is InChI=1S/C44H31N3/c1-44(2)39-11-7-6-10-36(39)38-26-37-33(25-40(38)44)17-16-32-24-34(18-19-35(32)37)42-27-41(46-43(47-42)31-8-4-3-5-9-31)30-14-12-28(13-15-30)29-20-22-45-23-21-29/h3-27H,1-2H3. The summed E-state index contributed by atoms with van der Waals surface area (Å²) in [6.07, 6.45) is 3.65. The first-order chi connectivity index (χ1) is 23.0. The minimum Gasteiger partial charge on any atom is -0.265 e. The van der Waals surface area contributed by atoms with E-state index >= 15 is 0 Å². The number of fused-ring (bicyclic) bond motifs is 6. The van der Waals surface area contributed by atoms with Gasteiger partial charge in [0.15, 0.2) is 5.82 Å². The average Bonchev–Trinajstić information content (AvgIpc) is 3.36. The highest BCUT2D eigenvalue weighted by Gasteiger charge is 2.35. The molecule has 0 N–H and O–H groups in total. The van der Waals surface area contributed by atoms with Crippen LogP contribution in [0.15, 0.2) is 152 Å². The molecule has 0 bridgehead atoms. The van der Waals surface area contributed by atoms with E-state index in [0.717, 1.165) is 39.2 Å². The van der Waals surface area contributed by atoms with Gasteiger partial charge in [0.25, 0.3) is 0 Å². The lowest BCUT2D eigenvalue weighted by Gasteiger charge is -2.21. The normalized spacial score (nSPS) is 13.1. The van der Waals surface area contributed by atoms with Gasteiger partial charge in [0.05, 0.1) is 11.4 Å². The van der Waals surface area contributed by atoms with Crippen molar-refractivity contribution >= 4 is 21.5 Å². The smallest absolute Gasteiger partial charge is 0.160 e. The summed E-state index contributed by atoms with van der Waals surface area (Å²) in [6, 6.07) is 49.9. The Morgan fingerprint density at radius 3 is 1.85 bits per heavy atom. The largest absolute Gasteiger partial charge is 0.265 e. The summed E-state index contributed by atoms with van der Waals surface area (Å²) in [5.41, 5.74) is 12.7. The molecule has 0 saturated carbocycles. The van der Waals surface area contributed by atoms with Gasteiger partial charge in [0, 0.05) is 34.5 Å². The Morgan fingerprint density at radius 2 is 1.06 bits per heavy atom. The first-order valence-corrected chi connectivity index (χ1v) is 16.1. The van der Waals surface area contributed by atoms with Gasteiger partial charge in [0.1, 0.15) is 0 Å². The van der Waals surface area contributed by atoms with Crippen molar-refractivity contribution in [2.45, 2.75) is 19.3 Å². The van der Waals surface area contributed by atoms with E-state index in [2.05, 4.69) is 128 Å². The molecule has 2 aromatic heterocycles. The number of pyridine rings is 1. The van der Waals surface area contributed by atoms with Gasteiger partial charge in [0.2, 0.25) is 0 Å². The zero-order valence-electron chi connectivity index (χ0n) is 26.3. The zero-order valence-corrected chi connectivity index (χ0v) is 26.3. The molecule has 47 heavy (non-hydrogen) atoms. The number of hydrogen-bond acceptors (Lipinski definition) is 3. The fourth-order valence-corrected chi connectivity index (χ4v) is 7.26. The Kier molecular flexibility index (Phi) is 6.16. The van der Waals surface area contributed by atoms with E-state index in [1.54, 1.807) is 0 Å². The fraction of sp³-hybridized carbons (Fsp3) is 0.0682. The predicted molar refractivity (Wildman–Crippen MR) is 194 cm³/mol. The van der Waals surface area contributed by atoms with Crippen molar-refractivity contribution in [1.82, 2.24) is 15.0 Å². The third kappa shape index (κ3) is 4.54. The van der Waals surface area contributed by atoms with Crippen molar-refractivity contribution in [1.29, 1.82) is 0 Å². The molecule has 8 aromatic rings. The summed E-state index contributed by atoms with van der Waals surface area (Å²) in [5, 5.41) is 5.00. The van der Waals surface area contributed by atoms with E-state index in [9.17, 15) is 0 Å². The molecular formula is C44H31N3. The fourth-order valence-electron chi connectivity index (χ4n) is 7.26. The molecular weight excluding hydrogens is 571 g/mol. The first kappa shape index (κ1) is 27.4. The highest BCUT2D eigenvalue weighted by molar-refractivity contribution is 6.10. The Bertz CT molecular complexity index is 2460. The van der Waals surface area contributed by atoms with E-state index < -0.39 is 0 Å². The molecule has 0 saturated heterocycles. The van der Waals surface area contributed by atoms with Crippen molar-refractivity contribution in [3.05, 3.63) is 163 Å². The highest BCUT2D eigenvalue weighted by Crippen LogP contribution is 2.50. The Hall–Kier alpha value is -5.93. The molecule has 0 amide bonds. The van der Waals surface area contributed by atoms with Crippen molar-refractivity contribution in [3.8, 4) is 56.2 Å². The minimum atomic E-state index is -0.0144. The molecule has 1 aliphatic carbocycles. The van der Waals surface area contributed by atoms with Crippen LogP contribution < -0.4 is 0 Å². The summed E-state index contributed by atoms with van der Waals surface area (Å²) < 4.78 is 0. The van der Waals surface area contributed by atoms with Gasteiger partial charge < -0.3 is 0 Å². The zero-order chi connectivity index (χ0) is 31.5. The molecule has 0 radical (unpaired) electrons. The van der Waals surface area contributed by atoms with Crippen molar-refractivity contribution in [3.63, 3.8) is 0 Å². The molecule has 3 nitrogen and oxygen atoms in total. The summed E-state index contributed by atoms with van der Waals surface area (Å²) in [5.74, 6) is 0.715. The van der Waals surface area contributed by atoms with Gasteiger partial charge in [-0.15, -0.1) is 0 Å². The first-order valence-electron chi connectivity index (χ1n) is 16.1. The van der Waals surface area contributed by atoms with Crippen molar-refractivity contribution in [2.75, 3.05) is 0 Å². The summed E-state index contributed by atoms with van der Waals surface area (Å²) >= 11 is 0. The molecule has 9 rings (SSSR count). The summed E-state index contributed by atoms with van der Waals surface area (Å²) in [6.45, 7) is 4.68. The van der Waals surface area contributed by atoms with E-state index in [-0.39, 0.29) is 5.41 Å². The second kappa shape index (κ2) is 10.6. The summed E-state index contributed by atoms with van der Waals surface area (Å²) in [7, 11) is 0. The molecule has 6 aromatic carbocycles. The maximum absolute atomic E-state index is 5.10. The number of rotatable bonds is 4. The quantitative estimate of drug-likeness (QED) is 0.188. The van der Waals surface area contributed by atoms with Crippen LogP contribution in [0.25, 0.3) is 77.7 Å². The molecule has 0 unspecified atom stereocenters. The molecule has 222 valence electrons. The van der Waals surface area contributed by atoms with Crippen LogP contribution in [0.4, 0.5) is 0 Å².